The van der Waals surface area contributed by atoms with Crippen molar-refractivity contribution in [1.29, 1.82) is 0 Å². The number of benzene rings is 2. The summed E-state index contributed by atoms with van der Waals surface area (Å²) >= 11 is 1.47. The first kappa shape index (κ1) is 26.5. The van der Waals surface area contributed by atoms with E-state index < -0.39 is 6.04 Å². The third kappa shape index (κ3) is 4.96. The van der Waals surface area contributed by atoms with Gasteiger partial charge in [-0.3, -0.25) is 19.6 Å². The summed E-state index contributed by atoms with van der Waals surface area (Å²) in [5.41, 5.74) is 7.08. The van der Waals surface area contributed by atoms with Crippen LogP contribution in [0.2, 0.25) is 0 Å². The number of thiazole rings is 1. The van der Waals surface area contributed by atoms with Gasteiger partial charge in [-0.1, -0.05) is 6.07 Å². The molecule has 0 radical (unpaired) electrons. The summed E-state index contributed by atoms with van der Waals surface area (Å²) in [5, 5.41) is 3.89. The number of amides is 2. The number of halogens is 1. The third-order valence-electron chi connectivity index (χ3n) is 7.96. The maximum atomic E-state index is 14.9. The van der Waals surface area contributed by atoms with Crippen molar-refractivity contribution in [1.82, 2.24) is 29.7 Å². The van der Waals surface area contributed by atoms with Gasteiger partial charge in [-0.2, -0.15) is 0 Å². The number of aromatic nitrogens is 4. The van der Waals surface area contributed by atoms with Gasteiger partial charge in [0.15, 0.2) is 0 Å². The van der Waals surface area contributed by atoms with E-state index in [2.05, 4.69) is 25.3 Å². The lowest BCUT2D eigenvalue weighted by atomic mass is 9.94. The number of nitrogens with zero attached hydrogens (tertiary/aromatic N) is 5. The van der Waals surface area contributed by atoms with E-state index in [1.54, 1.807) is 33.8 Å². The Labute approximate surface area is 244 Å². The Morgan fingerprint density at radius 3 is 2.79 bits per heavy atom. The molecule has 2 aromatic carbocycles. The second-order valence-electron chi connectivity index (χ2n) is 10.4. The Balaban J connectivity index is 1.13. The molecule has 2 amide bonds. The van der Waals surface area contributed by atoms with Crippen molar-refractivity contribution < 1.29 is 18.7 Å². The highest BCUT2D eigenvalue weighted by Gasteiger charge is 2.39. The van der Waals surface area contributed by atoms with E-state index in [1.807, 2.05) is 24.3 Å². The van der Waals surface area contributed by atoms with Gasteiger partial charge < -0.3 is 24.8 Å². The summed E-state index contributed by atoms with van der Waals surface area (Å²) in [4.78, 5) is 48.5. The Morgan fingerprint density at radius 2 is 1.93 bits per heavy atom. The molecule has 3 aromatic heterocycles. The van der Waals surface area contributed by atoms with Crippen molar-refractivity contribution in [2.75, 3.05) is 31.6 Å². The molecule has 2 aliphatic rings. The number of carbonyl (C=O) groups excluding carboxylic acids is 2. The Hall–Kier alpha value is -4.42. The fourth-order valence-corrected chi connectivity index (χ4v) is 6.55. The minimum Gasteiger partial charge on any atom is -0.380 e. The van der Waals surface area contributed by atoms with Crippen LogP contribution in [0.3, 0.4) is 0 Å². The number of hydrogen-bond acceptors (Lipinski definition) is 8. The molecule has 0 saturated carbocycles. The smallest absolute Gasteiger partial charge is 0.245 e. The van der Waals surface area contributed by atoms with E-state index in [1.165, 1.54) is 17.4 Å². The van der Waals surface area contributed by atoms with Gasteiger partial charge in [0.05, 0.1) is 55.0 Å². The first-order chi connectivity index (χ1) is 20.5. The number of anilines is 1. The molecule has 10 nitrogen and oxygen atoms in total. The van der Waals surface area contributed by atoms with Crippen LogP contribution in [0.25, 0.3) is 21.9 Å². The predicted molar refractivity (Wildman–Crippen MR) is 156 cm³/mol. The van der Waals surface area contributed by atoms with E-state index >= 15 is 0 Å². The number of ether oxygens (including phenoxy) is 1. The molecule has 12 heteroatoms. The summed E-state index contributed by atoms with van der Waals surface area (Å²) in [7, 11) is 0. The predicted octanol–water partition coefficient (Wildman–Crippen LogP) is 3.67. The van der Waals surface area contributed by atoms with Crippen molar-refractivity contribution in [3.63, 3.8) is 0 Å². The van der Waals surface area contributed by atoms with Gasteiger partial charge in [0.1, 0.15) is 11.9 Å². The van der Waals surface area contributed by atoms with Crippen LogP contribution < -0.4 is 5.32 Å². The van der Waals surface area contributed by atoms with Gasteiger partial charge in [0, 0.05) is 59.1 Å². The molecule has 0 aliphatic carbocycles. The monoisotopic (exact) mass is 585 g/mol. The number of morpholine rings is 1. The summed E-state index contributed by atoms with van der Waals surface area (Å²) in [6, 6.07) is 9.95. The minimum atomic E-state index is -0.736. The molecule has 1 atom stereocenters. The number of H-pyrrole nitrogens is 1. The number of carbonyl (C=O) groups is 2. The molecule has 0 unspecified atom stereocenters. The van der Waals surface area contributed by atoms with Crippen LogP contribution in [-0.2, 0) is 40.3 Å². The molecule has 2 N–H and O–H groups in total. The average molecular weight is 586 g/mol. The largest absolute Gasteiger partial charge is 0.380 e. The minimum absolute atomic E-state index is 0.0561. The van der Waals surface area contributed by atoms with Crippen LogP contribution in [0.1, 0.15) is 21.8 Å². The van der Waals surface area contributed by atoms with E-state index in [-0.39, 0.29) is 37.0 Å². The number of nitrogens with one attached hydrogen (secondary N) is 2. The fourth-order valence-electron chi connectivity index (χ4n) is 5.83. The molecule has 1 saturated heterocycles. The molecule has 7 rings (SSSR count). The van der Waals surface area contributed by atoms with E-state index in [9.17, 15) is 14.0 Å². The zero-order valence-electron chi connectivity index (χ0n) is 22.7. The highest BCUT2D eigenvalue weighted by molar-refractivity contribution is 7.09. The van der Waals surface area contributed by atoms with E-state index in [0.29, 0.717) is 49.4 Å². The summed E-state index contributed by atoms with van der Waals surface area (Å²) in [5.74, 6) is -0.664. The normalized spacial score (nSPS) is 17.0. The van der Waals surface area contributed by atoms with Crippen LogP contribution >= 0.6 is 11.3 Å². The zero-order chi connectivity index (χ0) is 28.6. The standard InChI is InChI=1S/C30H28FN7O3S/c31-20-2-1-3-22-29(20)19-13-26(30(40)37-8-10-41-11-9-37)38(16-25(19)36-22)28(39)14-24-27(42-17-35-24)15-34-18-4-5-21-23(12-18)33-7-6-32-21/h1-7,12,17,26,34,36H,8-11,13-16H2/t26-/m1/s1. The molecular formula is C30H28FN7O3S. The average Bonchev–Trinajstić information content (AvgIpc) is 3.63. The van der Waals surface area contributed by atoms with Crippen LogP contribution in [0.15, 0.2) is 54.3 Å². The van der Waals surface area contributed by atoms with Gasteiger partial charge in [-0.25, -0.2) is 9.37 Å². The van der Waals surface area contributed by atoms with Crippen molar-refractivity contribution in [2.45, 2.75) is 32.0 Å². The molecule has 5 aromatic rings. The fraction of sp³-hybridized carbons (Fsp3) is 0.300. The summed E-state index contributed by atoms with van der Waals surface area (Å²) < 4.78 is 20.3. The first-order valence-electron chi connectivity index (χ1n) is 13.8. The van der Waals surface area contributed by atoms with Gasteiger partial charge in [-0.15, -0.1) is 11.3 Å². The Kier molecular flexibility index (Phi) is 7.00. The molecule has 2 aliphatic heterocycles. The second-order valence-corrected chi connectivity index (χ2v) is 11.4. The lowest BCUT2D eigenvalue weighted by molar-refractivity contribution is -0.149. The van der Waals surface area contributed by atoms with Gasteiger partial charge in [-0.05, 0) is 35.9 Å². The second kappa shape index (κ2) is 11.1. The van der Waals surface area contributed by atoms with Crippen molar-refractivity contribution in [2.24, 2.45) is 0 Å². The number of rotatable bonds is 6. The quantitative estimate of drug-likeness (QED) is 0.312. The summed E-state index contributed by atoms with van der Waals surface area (Å²) in [6.45, 7) is 2.53. The first-order valence-corrected chi connectivity index (χ1v) is 14.7. The molecule has 42 heavy (non-hydrogen) atoms. The summed E-state index contributed by atoms with van der Waals surface area (Å²) in [6.07, 6.45) is 3.62. The zero-order valence-corrected chi connectivity index (χ0v) is 23.5. The number of fused-ring (bicyclic) bond motifs is 4. The lowest BCUT2D eigenvalue weighted by Gasteiger charge is -2.38. The molecule has 1 fully saturated rings. The van der Waals surface area contributed by atoms with Crippen molar-refractivity contribution >= 4 is 50.8 Å². The third-order valence-corrected chi connectivity index (χ3v) is 8.84. The van der Waals surface area contributed by atoms with Crippen molar-refractivity contribution in [3.8, 4) is 0 Å². The maximum absolute atomic E-state index is 14.9. The van der Waals surface area contributed by atoms with Crippen LogP contribution in [0.5, 0.6) is 0 Å². The van der Waals surface area contributed by atoms with Gasteiger partial charge >= 0.3 is 0 Å². The van der Waals surface area contributed by atoms with E-state index in [0.717, 1.165) is 32.9 Å². The lowest BCUT2D eigenvalue weighted by Crippen LogP contribution is -2.55. The highest BCUT2D eigenvalue weighted by Crippen LogP contribution is 2.33. The molecule has 0 bridgehead atoms. The topological polar surface area (TPSA) is 116 Å². The Morgan fingerprint density at radius 1 is 1.10 bits per heavy atom. The molecule has 214 valence electrons. The van der Waals surface area contributed by atoms with Gasteiger partial charge in [0.2, 0.25) is 11.8 Å². The van der Waals surface area contributed by atoms with Crippen LogP contribution in [-0.4, -0.2) is 73.9 Å². The van der Waals surface area contributed by atoms with Gasteiger partial charge in [0.25, 0.3) is 0 Å². The van der Waals surface area contributed by atoms with Crippen LogP contribution in [0, 0.1) is 5.82 Å². The van der Waals surface area contributed by atoms with E-state index in [4.69, 9.17) is 4.74 Å². The Bertz CT molecular complexity index is 1800. The van der Waals surface area contributed by atoms with Crippen LogP contribution in [0.4, 0.5) is 10.1 Å². The maximum Gasteiger partial charge on any atom is 0.245 e. The SMILES string of the molecule is O=C([C@H]1Cc2c([nH]c3cccc(F)c23)CN1C(=O)Cc1ncsc1CNc1ccc2nccnc2c1)N1CCOCC1. The number of aromatic amines is 1. The molecule has 5 heterocycles. The molecule has 0 spiro atoms. The van der Waals surface area contributed by atoms with Crippen molar-refractivity contribution in [3.05, 3.63) is 81.9 Å². The molecular weight excluding hydrogens is 557 g/mol. The number of hydrogen-bond donors (Lipinski definition) is 2. The highest BCUT2D eigenvalue weighted by atomic mass is 32.1.